The van der Waals surface area contributed by atoms with E-state index in [1.54, 1.807) is 12.3 Å². The van der Waals surface area contributed by atoms with E-state index in [-0.39, 0.29) is 5.56 Å². The molecule has 0 bridgehead atoms. The average Bonchev–Trinajstić information content (AvgIpc) is 2.47. The molecule has 0 amide bonds. The van der Waals surface area contributed by atoms with Crippen molar-refractivity contribution in [1.29, 1.82) is 0 Å². The number of ether oxygens (including phenoxy) is 2. The maximum absolute atomic E-state index is 10.9. The van der Waals surface area contributed by atoms with E-state index < -0.39 is 5.97 Å². The number of nitrogens with zero attached hydrogens (tertiary/aromatic N) is 1. The second-order valence-corrected chi connectivity index (χ2v) is 4.01. The molecule has 104 valence electrons. The Morgan fingerprint density at radius 3 is 2.70 bits per heavy atom. The van der Waals surface area contributed by atoms with E-state index in [1.165, 1.54) is 12.1 Å². The summed E-state index contributed by atoms with van der Waals surface area (Å²) in [5, 5.41) is 8.97. The summed E-state index contributed by atoms with van der Waals surface area (Å²) in [6.45, 7) is 2.56. The fourth-order valence-corrected chi connectivity index (χ4v) is 1.66. The van der Waals surface area contributed by atoms with Crippen molar-refractivity contribution < 1.29 is 19.4 Å². The molecule has 2 rings (SSSR count). The number of carboxylic acids is 1. The number of aromatic nitrogens is 1. The van der Waals surface area contributed by atoms with Crippen LogP contribution in [-0.4, -0.2) is 22.7 Å². The topological polar surface area (TPSA) is 68.7 Å². The molecule has 5 nitrogen and oxygen atoms in total. The standard InChI is InChI=1S/C15H15NO4/c1-2-19-14-9-11(15(17)18)6-7-13(14)20-10-12-5-3-4-8-16-12/h3-9H,2,10H2,1H3,(H,17,18). The van der Waals surface area contributed by atoms with Crippen molar-refractivity contribution in [3.05, 3.63) is 53.9 Å². The summed E-state index contributed by atoms with van der Waals surface area (Å²) < 4.78 is 11.0. The van der Waals surface area contributed by atoms with Gasteiger partial charge in [0.2, 0.25) is 0 Å². The summed E-state index contributed by atoms with van der Waals surface area (Å²) in [6, 6.07) is 10.1. The van der Waals surface area contributed by atoms with Gasteiger partial charge in [-0.15, -0.1) is 0 Å². The van der Waals surface area contributed by atoms with Crippen molar-refractivity contribution in [2.24, 2.45) is 0 Å². The molecule has 2 aromatic rings. The van der Waals surface area contributed by atoms with Crippen LogP contribution in [0.3, 0.4) is 0 Å². The van der Waals surface area contributed by atoms with Crippen LogP contribution in [-0.2, 0) is 6.61 Å². The number of rotatable bonds is 6. The lowest BCUT2D eigenvalue weighted by Gasteiger charge is -2.12. The van der Waals surface area contributed by atoms with E-state index in [1.807, 2.05) is 25.1 Å². The van der Waals surface area contributed by atoms with Gasteiger partial charge in [0.1, 0.15) is 6.61 Å². The predicted octanol–water partition coefficient (Wildman–Crippen LogP) is 2.76. The van der Waals surface area contributed by atoms with Gasteiger partial charge < -0.3 is 14.6 Å². The van der Waals surface area contributed by atoms with Crippen molar-refractivity contribution in [3.63, 3.8) is 0 Å². The van der Waals surface area contributed by atoms with Gasteiger partial charge in [0.15, 0.2) is 11.5 Å². The van der Waals surface area contributed by atoms with Crippen molar-refractivity contribution >= 4 is 5.97 Å². The van der Waals surface area contributed by atoms with E-state index >= 15 is 0 Å². The van der Waals surface area contributed by atoms with E-state index in [2.05, 4.69) is 4.98 Å². The molecule has 0 unspecified atom stereocenters. The summed E-state index contributed by atoms with van der Waals surface area (Å²) in [5.41, 5.74) is 0.955. The first-order valence-electron chi connectivity index (χ1n) is 6.23. The van der Waals surface area contributed by atoms with Crippen LogP contribution in [0.2, 0.25) is 0 Å². The maximum Gasteiger partial charge on any atom is 0.335 e. The lowest BCUT2D eigenvalue weighted by Crippen LogP contribution is -2.03. The first kappa shape index (κ1) is 13.9. The molecular weight excluding hydrogens is 258 g/mol. The zero-order valence-corrected chi connectivity index (χ0v) is 11.1. The minimum absolute atomic E-state index is 0.165. The second-order valence-electron chi connectivity index (χ2n) is 4.01. The van der Waals surface area contributed by atoms with Gasteiger partial charge in [0.05, 0.1) is 17.9 Å². The number of carboxylic acid groups (broad SMARTS) is 1. The minimum Gasteiger partial charge on any atom is -0.490 e. The van der Waals surface area contributed by atoms with Crippen molar-refractivity contribution in [2.75, 3.05) is 6.61 Å². The minimum atomic E-state index is -0.998. The molecule has 1 aromatic heterocycles. The van der Waals surface area contributed by atoms with Crippen LogP contribution in [0.25, 0.3) is 0 Å². The quantitative estimate of drug-likeness (QED) is 0.876. The molecule has 0 aliphatic rings. The van der Waals surface area contributed by atoms with Gasteiger partial charge in [0, 0.05) is 6.20 Å². The van der Waals surface area contributed by atoms with E-state index in [0.717, 1.165) is 5.69 Å². The Kier molecular flexibility index (Phi) is 4.55. The molecule has 0 spiro atoms. The van der Waals surface area contributed by atoms with Crippen LogP contribution in [0.5, 0.6) is 11.5 Å². The molecule has 5 heteroatoms. The number of carbonyl (C=O) groups is 1. The van der Waals surface area contributed by atoms with Gasteiger partial charge in [-0.1, -0.05) is 6.07 Å². The number of benzene rings is 1. The Labute approximate surface area is 116 Å². The van der Waals surface area contributed by atoms with E-state index in [0.29, 0.717) is 24.7 Å². The summed E-state index contributed by atoms with van der Waals surface area (Å²) in [4.78, 5) is 15.1. The summed E-state index contributed by atoms with van der Waals surface area (Å²) in [6.07, 6.45) is 1.69. The van der Waals surface area contributed by atoms with Crippen LogP contribution in [0.4, 0.5) is 0 Å². The highest BCUT2D eigenvalue weighted by molar-refractivity contribution is 5.88. The zero-order valence-electron chi connectivity index (χ0n) is 11.1. The Hall–Kier alpha value is -2.56. The Morgan fingerprint density at radius 1 is 1.20 bits per heavy atom. The molecular formula is C15H15NO4. The Balaban J connectivity index is 2.16. The first-order chi connectivity index (χ1) is 9.70. The third-order valence-electron chi connectivity index (χ3n) is 2.59. The molecule has 0 fully saturated rings. The highest BCUT2D eigenvalue weighted by Gasteiger charge is 2.10. The van der Waals surface area contributed by atoms with Gasteiger partial charge in [0.25, 0.3) is 0 Å². The molecule has 0 saturated carbocycles. The van der Waals surface area contributed by atoms with Gasteiger partial charge in [-0.2, -0.15) is 0 Å². The Bertz CT molecular complexity index is 584. The average molecular weight is 273 g/mol. The summed E-state index contributed by atoms with van der Waals surface area (Å²) in [7, 11) is 0. The van der Waals surface area contributed by atoms with Crippen LogP contribution >= 0.6 is 0 Å². The number of aromatic carboxylic acids is 1. The summed E-state index contributed by atoms with van der Waals surface area (Å²) in [5.74, 6) is -0.0759. The third kappa shape index (κ3) is 3.47. The van der Waals surface area contributed by atoms with Crippen molar-refractivity contribution in [1.82, 2.24) is 4.98 Å². The lowest BCUT2D eigenvalue weighted by molar-refractivity contribution is 0.0696. The molecule has 1 N–H and O–H groups in total. The molecule has 0 atom stereocenters. The summed E-state index contributed by atoms with van der Waals surface area (Å²) >= 11 is 0. The van der Waals surface area contributed by atoms with Gasteiger partial charge in [-0.05, 0) is 37.3 Å². The van der Waals surface area contributed by atoms with Crippen LogP contribution in [0.15, 0.2) is 42.6 Å². The highest BCUT2D eigenvalue weighted by atomic mass is 16.5. The monoisotopic (exact) mass is 273 g/mol. The van der Waals surface area contributed by atoms with Gasteiger partial charge >= 0.3 is 5.97 Å². The predicted molar refractivity (Wildman–Crippen MR) is 73.1 cm³/mol. The van der Waals surface area contributed by atoms with Gasteiger partial charge in [-0.25, -0.2) is 4.79 Å². The Morgan fingerprint density at radius 2 is 2.05 bits per heavy atom. The van der Waals surface area contributed by atoms with E-state index in [9.17, 15) is 4.79 Å². The number of pyridine rings is 1. The fourth-order valence-electron chi connectivity index (χ4n) is 1.66. The van der Waals surface area contributed by atoms with Crippen molar-refractivity contribution in [2.45, 2.75) is 13.5 Å². The SMILES string of the molecule is CCOc1cc(C(=O)O)ccc1OCc1ccccn1. The molecule has 1 heterocycles. The molecule has 0 aliphatic carbocycles. The largest absolute Gasteiger partial charge is 0.490 e. The number of hydrogen-bond donors (Lipinski definition) is 1. The maximum atomic E-state index is 10.9. The molecule has 0 radical (unpaired) electrons. The van der Waals surface area contributed by atoms with Gasteiger partial charge in [-0.3, -0.25) is 4.98 Å². The third-order valence-corrected chi connectivity index (χ3v) is 2.59. The van der Waals surface area contributed by atoms with Crippen LogP contribution < -0.4 is 9.47 Å². The smallest absolute Gasteiger partial charge is 0.335 e. The molecule has 0 aliphatic heterocycles. The van der Waals surface area contributed by atoms with E-state index in [4.69, 9.17) is 14.6 Å². The normalized spacial score (nSPS) is 10.1. The van der Waals surface area contributed by atoms with Crippen LogP contribution in [0.1, 0.15) is 23.0 Å². The highest BCUT2D eigenvalue weighted by Crippen LogP contribution is 2.29. The fraction of sp³-hybridized carbons (Fsp3) is 0.200. The van der Waals surface area contributed by atoms with Crippen LogP contribution in [0, 0.1) is 0 Å². The lowest BCUT2D eigenvalue weighted by atomic mass is 10.2. The first-order valence-corrected chi connectivity index (χ1v) is 6.23. The molecule has 1 aromatic carbocycles. The zero-order chi connectivity index (χ0) is 14.4. The van der Waals surface area contributed by atoms with Crippen molar-refractivity contribution in [3.8, 4) is 11.5 Å². The molecule has 20 heavy (non-hydrogen) atoms. The number of hydrogen-bond acceptors (Lipinski definition) is 4. The second kappa shape index (κ2) is 6.56. The molecule has 0 saturated heterocycles.